The molecule has 0 saturated heterocycles. The Balaban J connectivity index is 0.00000408. The zero-order chi connectivity index (χ0) is 23.8. The SMILES string of the molecule is Cl.NC(=O)COc1ccc(S(=O)(=O)c2ccc(CCNCC(O)c3cccc(Cl)c3)cc2)cc1. The monoisotopic (exact) mass is 524 g/mol. The van der Waals surface area contributed by atoms with Crippen molar-refractivity contribution in [1.29, 1.82) is 0 Å². The van der Waals surface area contributed by atoms with Crippen molar-refractivity contribution in [2.75, 3.05) is 19.7 Å². The number of nitrogens with two attached hydrogens (primary N) is 1. The van der Waals surface area contributed by atoms with Gasteiger partial charge in [-0.25, -0.2) is 8.42 Å². The van der Waals surface area contributed by atoms with E-state index in [-0.39, 0.29) is 28.8 Å². The van der Waals surface area contributed by atoms with Crippen LogP contribution in [0.2, 0.25) is 5.02 Å². The predicted molar refractivity (Wildman–Crippen MR) is 133 cm³/mol. The number of sulfone groups is 1. The lowest BCUT2D eigenvalue weighted by Crippen LogP contribution is -2.23. The van der Waals surface area contributed by atoms with Crippen LogP contribution in [0.15, 0.2) is 82.6 Å². The van der Waals surface area contributed by atoms with E-state index in [0.717, 1.165) is 11.1 Å². The molecular weight excluding hydrogens is 499 g/mol. The topological polar surface area (TPSA) is 119 Å². The predicted octanol–water partition coefficient (Wildman–Crippen LogP) is 3.32. The summed E-state index contributed by atoms with van der Waals surface area (Å²) in [4.78, 5) is 11.1. The van der Waals surface area contributed by atoms with Gasteiger partial charge >= 0.3 is 0 Å². The van der Waals surface area contributed by atoms with Crippen LogP contribution in [0.4, 0.5) is 0 Å². The van der Waals surface area contributed by atoms with Crippen molar-refractivity contribution in [2.24, 2.45) is 5.73 Å². The van der Waals surface area contributed by atoms with Crippen molar-refractivity contribution in [1.82, 2.24) is 5.32 Å². The molecule has 0 fully saturated rings. The van der Waals surface area contributed by atoms with Crippen molar-refractivity contribution in [3.8, 4) is 5.75 Å². The first-order valence-electron chi connectivity index (χ1n) is 10.2. The molecule has 7 nitrogen and oxygen atoms in total. The van der Waals surface area contributed by atoms with Crippen LogP contribution < -0.4 is 15.8 Å². The highest BCUT2D eigenvalue weighted by molar-refractivity contribution is 7.91. The number of hydrogen-bond acceptors (Lipinski definition) is 6. The van der Waals surface area contributed by atoms with Gasteiger partial charge in [-0.15, -0.1) is 12.4 Å². The fourth-order valence-electron chi connectivity index (χ4n) is 3.14. The standard InChI is InChI=1S/C24H25ClN2O5S.ClH/c25-19-3-1-2-18(14-19)23(28)15-27-13-12-17-4-8-21(9-5-17)33(30,31)22-10-6-20(7-11-22)32-16-24(26)29;/h1-11,14,23,27-28H,12-13,15-16H2,(H2,26,29);1H. The summed E-state index contributed by atoms with van der Waals surface area (Å²) in [7, 11) is -3.68. The van der Waals surface area contributed by atoms with Crippen LogP contribution >= 0.6 is 24.0 Å². The summed E-state index contributed by atoms with van der Waals surface area (Å²) in [6, 6.07) is 19.6. The Kier molecular flexibility index (Phi) is 10.3. The molecule has 3 rings (SSSR count). The Bertz CT molecular complexity index is 1190. The molecule has 0 aliphatic carbocycles. The van der Waals surface area contributed by atoms with Gasteiger partial charge in [-0.05, 0) is 72.6 Å². The molecule has 4 N–H and O–H groups in total. The Morgan fingerprint density at radius 3 is 2.24 bits per heavy atom. The van der Waals surface area contributed by atoms with Gasteiger partial charge in [0.15, 0.2) is 6.61 Å². The van der Waals surface area contributed by atoms with Crippen molar-refractivity contribution >= 4 is 39.8 Å². The van der Waals surface area contributed by atoms with Gasteiger partial charge in [0, 0.05) is 11.6 Å². The minimum absolute atomic E-state index is 0. The Labute approximate surface area is 210 Å². The van der Waals surface area contributed by atoms with E-state index in [9.17, 15) is 18.3 Å². The number of carbonyl (C=O) groups is 1. The number of benzene rings is 3. The number of aliphatic hydroxyl groups excluding tert-OH is 1. The average Bonchev–Trinajstić information content (AvgIpc) is 2.81. The number of nitrogens with one attached hydrogen (secondary N) is 1. The molecule has 0 radical (unpaired) electrons. The van der Waals surface area contributed by atoms with Crippen LogP contribution in [-0.2, 0) is 21.1 Å². The molecule has 0 heterocycles. The summed E-state index contributed by atoms with van der Waals surface area (Å²) in [6.45, 7) is 0.727. The third kappa shape index (κ3) is 7.72. The molecule has 1 atom stereocenters. The lowest BCUT2D eigenvalue weighted by atomic mass is 10.1. The van der Waals surface area contributed by atoms with Crippen molar-refractivity contribution in [3.63, 3.8) is 0 Å². The Morgan fingerprint density at radius 2 is 1.65 bits per heavy atom. The summed E-state index contributed by atoms with van der Waals surface area (Å²) >= 11 is 5.95. The molecule has 1 amide bonds. The molecule has 0 aliphatic heterocycles. The van der Waals surface area contributed by atoms with E-state index in [1.807, 2.05) is 6.07 Å². The van der Waals surface area contributed by atoms with Crippen molar-refractivity contribution in [2.45, 2.75) is 22.3 Å². The minimum Gasteiger partial charge on any atom is -0.484 e. The smallest absolute Gasteiger partial charge is 0.255 e. The van der Waals surface area contributed by atoms with Gasteiger partial charge < -0.3 is 20.9 Å². The molecule has 3 aromatic rings. The second kappa shape index (κ2) is 12.7. The second-order valence-electron chi connectivity index (χ2n) is 7.40. The van der Waals surface area contributed by atoms with E-state index in [0.29, 0.717) is 30.3 Å². The molecule has 0 bridgehead atoms. The lowest BCUT2D eigenvalue weighted by molar-refractivity contribution is -0.119. The average molecular weight is 525 g/mol. The van der Waals surface area contributed by atoms with Gasteiger partial charge in [0.25, 0.3) is 5.91 Å². The molecule has 10 heteroatoms. The van der Waals surface area contributed by atoms with Crippen LogP contribution in [0.1, 0.15) is 17.2 Å². The molecule has 0 aromatic heterocycles. The number of primary amides is 1. The van der Waals surface area contributed by atoms with Gasteiger partial charge in [-0.2, -0.15) is 0 Å². The van der Waals surface area contributed by atoms with E-state index in [2.05, 4.69) is 5.32 Å². The Morgan fingerprint density at radius 1 is 1.03 bits per heavy atom. The maximum atomic E-state index is 12.9. The maximum Gasteiger partial charge on any atom is 0.255 e. The van der Waals surface area contributed by atoms with Gasteiger partial charge in [-0.1, -0.05) is 35.9 Å². The first-order valence-corrected chi connectivity index (χ1v) is 12.1. The summed E-state index contributed by atoms with van der Waals surface area (Å²) in [5.74, 6) is -0.254. The number of hydrogen-bond donors (Lipinski definition) is 3. The molecule has 0 spiro atoms. The Hall–Kier alpha value is -2.62. The summed E-state index contributed by atoms with van der Waals surface area (Å²) in [5.41, 5.74) is 6.74. The molecule has 34 heavy (non-hydrogen) atoms. The van der Waals surface area contributed by atoms with Crippen LogP contribution in [-0.4, -0.2) is 39.1 Å². The minimum atomic E-state index is -3.68. The highest BCUT2D eigenvalue weighted by Crippen LogP contribution is 2.23. The molecular formula is C24H26Cl2N2O5S. The lowest BCUT2D eigenvalue weighted by Gasteiger charge is -2.13. The fraction of sp³-hybridized carbons (Fsp3) is 0.208. The van der Waals surface area contributed by atoms with Crippen molar-refractivity contribution < 1.29 is 23.1 Å². The summed E-state index contributed by atoms with van der Waals surface area (Å²) < 4.78 is 30.9. The van der Waals surface area contributed by atoms with Crippen LogP contribution in [0.3, 0.4) is 0 Å². The van der Waals surface area contributed by atoms with Crippen LogP contribution in [0.25, 0.3) is 0 Å². The number of carbonyl (C=O) groups excluding carboxylic acids is 1. The fourth-order valence-corrected chi connectivity index (χ4v) is 4.60. The summed E-state index contributed by atoms with van der Waals surface area (Å²) in [6.07, 6.45) is 0.0119. The quantitative estimate of drug-likeness (QED) is 0.331. The third-order valence-electron chi connectivity index (χ3n) is 4.91. The second-order valence-corrected chi connectivity index (χ2v) is 9.78. The molecule has 0 saturated carbocycles. The van der Waals surface area contributed by atoms with Crippen LogP contribution in [0.5, 0.6) is 5.75 Å². The molecule has 182 valence electrons. The van der Waals surface area contributed by atoms with E-state index in [1.54, 1.807) is 42.5 Å². The van der Waals surface area contributed by atoms with Crippen molar-refractivity contribution in [3.05, 3.63) is 88.9 Å². The van der Waals surface area contributed by atoms with E-state index in [1.165, 1.54) is 24.3 Å². The highest BCUT2D eigenvalue weighted by atomic mass is 35.5. The van der Waals surface area contributed by atoms with E-state index >= 15 is 0 Å². The first kappa shape index (κ1) is 27.6. The molecule has 0 aliphatic rings. The van der Waals surface area contributed by atoms with E-state index < -0.39 is 21.8 Å². The third-order valence-corrected chi connectivity index (χ3v) is 6.93. The number of ether oxygens (including phenoxy) is 1. The van der Waals surface area contributed by atoms with Gasteiger partial charge in [0.05, 0.1) is 15.9 Å². The highest BCUT2D eigenvalue weighted by Gasteiger charge is 2.17. The number of rotatable bonds is 11. The zero-order valence-electron chi connectivity index (χ0n) is 18.2. The largest absolute Gasteiger partial charge is 0.484 e. The summed E-state index contributed by atoms with van der Waals surface area (Å²) in [5, 5.41) is 14.0. The molecule has 3 aromatic carbocycles. The number of halogens is 2. The first-order chi connectivity index (χ1) is 15.8. The number of amides is 1. The maximum absolute atomic E-state index is 12.9. The molecule has 1 unspecified atom stereocenters. The van der Waals surface area contributed by atoms with E-state index in [4.69, 9.17) is 22.1 Å². The van der Waals surface area contributed by atoms with Crippen LogP contribution in [0, 0.1) is 0 Å². The van der Waals surface area contributed by atoms with Gasteiger partial charge in [0.1, 0.15) is 5.75 Å². The zero-order valence-corrected chi connectivity index (χ0v) is 20.6. The van der Waals surface area contributed by atoms with Gasteiger partial charge in [0.2, 0.25) is 9.84 Å². The number of aliphatic hydroxyl groups is 1. The normalized spacial score (nSPS) is 11.9. The van der Waals surface area contributed by atoms with Gasteiger partial charge in [-0.3, -0.25) is 4.79 Å².